The fraction of sp³-hybridized carbons (Fsp3) is 0.150. The van der Waals surface area contributed by atoms with Crippen molar-refractivity contribution in [1.29, 1.82) is 0 Å². The third-order valence-corrected chi connectivity index (χ3v) is 4.01. The molecule has 1 N–H and O–H groups in total. The minimum atomic E-state index is 0.693. The highest BCUT2D eigenvalue weighted by molar-refractivity contribution is 5.87. The van der Waals surface area contributed by atoms with Gasteiger partial charge in [0.25, 0.3) is 0 Å². The zero-order valence-corrected chi connectivity index (χ0v) is 13.9. The zero-order valence-electron chi connectivity index (χ0n) is 13.9. The molecule has 0 radical (unpaired) electrons. The van der Waals surface area contributed by atoms with Crippen LogP contribution in [0.15, 0.2) is 70.0 Å². The van der Waals surface area contributed by atoms with Crippen LogP contribution in [0, 0.1) is 0 Å². The molecule has 0 amide bonds. The molecule has 5 nitrogen and oxygen atoms in total. The van der Waals surface area contributed by atoms with Gasteiger partial charge < -0.3 is 18.9 Å². The molecule has 0 fully saturated rings. The Labute approximate surface area is 145 Å². The molecule has 126 valence electrons. The molecule has 0 spiro atoms. The van der Waals surface area contributed by atoms with Crippen LogP contribution in [0.2, 0.25) is 0 Å². The number of ether oxygens (including phenoxy) is 1. The number of methoxy groups -OCH3 is 1. The highest BCUT2D eigenvalue weighted by atomic mass is 16.5. The van der Waals surface area contributed by atoms with Crippen LogP contribution < -0.4 is 10.1 Å². The van der Waals surface area contributed by atoms with Crippen molar-refractivity contribution in [2.45, 2.75) is 13.1 Å². The Morgan fingerprint density at radius 2 is 1.96 bits per heavy atom. The normalized spacial score (nSPS) is 11.1. The van der Waals surface area contributed by atoms with E-state index in [1.807, 2.05) is 36.5 Å². The minimum absolute atomic E-state index is 0.693. The average molecular weight is 334 g/mol. The average Bonchev–Trinajstić information content (AvgIpc) is 3.31. The van der Waals surface area contributed by atoms with Gasteiger partial charge in [0.2, 0.25) is 0 Å². The molecule has 25 heavy (non-hydrogen) atoms. The summed E-state index contributed by atoms with van der Waals surface area (Å²) >= 11 is 0. The Kier molecular flexibility index (Phi) is 4.23. The number of rotatable bonds is 6. The minimum Gasteiger partial charge on any atom is -0.493 e. The summed E-state index contributed by atoms with van der Waals surface area (Å²) in [5, 5.41) is 4.41. The van der Waals surface area contributed by atoms with Crippen molar-refractivity contribution in [2.24, 2.45) is 0 Å². The van der Waals surface area contributed by atoms with Crippen LogP contribution in [0.1, 0.15) is 11.1 Å². The maximum absolute atomic E-state index is 5.92. The summed E-state index contributed by atoms with van der Waals surface area (Å²) in [6, 6.07) is 13.8. The fourth-order valence-corrected chi connectivity index (χ4v) is 2.83. The van der Waals surface area contributed by atoms with E-state index < -0.39 is 0 Å². The van der Waals surface area contributed by atoms with Crippen molar-refractivity contribution in [3.8, 4) is 17.3 Å². The standard InChI is InChI=1S/C20H18N2O3/c1-23-19-9-15(13-22-12-14-4-2-6-21-11-14)8-16-10-18(25-20(16)19)17-5-3-7-24-17/h2-11,22H,12-13H2,1H3. The van der Waals surface area contributed by atoms with Crippen molar-refractivity contribution < 1.29 is 13.6 Å². The summed E-state index contributed by atoms with van der Waals surface area (Å²) in [6.45, 7) is 1.49. The van der Waals surface area contributed by atoms with Gasteiger partial charge in [0.15, 0.2) is 22.9 Å². The van der Waals surface area contributed by atoms with Crippen molar-refractivity contribution in [3.63, 3.8) is 0 Å². The fourth-order valence-electron chi connectivity index (χ4n) is 2.83. The van der Waals surface area contributed by atoms with Gasteiger partial charge >= 0.3 is 0 Å². The highest BCUT2D eigenvalue weighted by Gasteiger charge is 2.13. The second-order valence-electron chi connectivity index (χ2n) is 5.77. The lowest BCUT2D eigenvalue weighted by Crippen LogP contribution is -2.12. The van der Waals surface area contributed by atoms with Gasteiger partial charge in [0, 0.05) is 30.9 Å². The van der Waals surface area contributed by atoms with Crippen molar-refractivity contribution in [2.75, 3.05) is 7.11 Å². The molecule has 0 bridgehead atoms. The topological polar surface area (TPSA) is 60.4 Å². The summed E-state index contributed by atoms with van der Waals surface area (Å²) in [7, 11) is 1.65. The number of aromatic nitrogens is 1. The predicted molar refractivity (Wildman–Crippen MR) is 95.2 cm³/mol. The number of fused-ring (bicyclic) bond motifs is 1. The van der Waals surface area contributed by atoms with Crippen LogP contribution in [0.4, 0.5) is 0 Å². The third kappa shape index (κ3) is 3.27. The van der Waals surface area contributed by atoms with E-state index >= 15 is 0 Å². The number of benzene rings is 1. The maximum atomic E-state index is 5.92. The summed E-state index contributed by atoms with van der Waals surface area (Å²) in [4.78, 5) is 4.12. The Morgan fingerprint density at radius 1 is 1.04 bits per heavy atom. The van der Waals surface area contributed by atoms with Crippen LogP contribution in [-0.4, -0.2) is 12.1 Å². The molecule has 1 aromatic carbocycles. The number of nitrogens with one attached hydrogen (secondary N) is 1. The first kappa shape index (κ1) is 15.5. The molecule has 0 unspecified atom stereocenters. The first-order valence-corrected chi connectivity index (χ1v) is 8.07. The van der Waals surface area contributed by atoms with Gasteiger partial charge in [0.05, 0.1) is 13.4 Å². The van der Waals surface area contributed by atoms with Gasteiger partial charge in [-0.05, 0) is 47.5 Å². The predicted octanol–water partition coefficient (Wildman–Crippen LogP) is 4.39. The van der Waals surface area contributed by atoms with Gasteiger partial charge in [0.1, 0.15) is 0 Å². The van der Waals surface area contributed by atoms with Gasteiger partial charge in [-0.15, -0.1) is 0 Å². The third-order valence-electron chi connectivity index (χ3n) is 4.01. The van der Waals surface area contributed by atoms with Crippen LogP contribution >= 0.6 is 0 Å². The van der Waals surface area contributed by atoms with E-state index in [1.165, 1.54) is 0 Å². The van der Waals surface area contributed by atoms with E-state index in [0.717, 1.165) is 35.2 Å². The second kappa shape index (κ2) is 6.83. The van der Waals surface area contributed by atoms with Crippen LogP contribution in [-0.2, 0) is 13.1 Å². The Morgan fingerprint density at radius 3 is 2.72 bits per heavy atom. The van der Waals surface area contributed by atoms with E-state index in [4.69, 9.17) is 13.6 Å². The quantitative estimate of drug-likeness (QED) is 0.567. The monoisotopic (exact) mass is 334 g/mol. The zero-order chi connectivity index (χ0) is 17.1. The van der Waals surface area contributed by atoms with Gasteiger partial charge in [-0.25, -0.2) is 0 Å². The van der Waals surface area contributed by atoms with Crippen molar-refractivity contribution in [1.82, 2.24) is 10.3 Å². The molecule has 4 aromatic rings. The number of hydrogen-bond donors (Lipinski definition) is 1. The molecule has 0 saturated carbocycles. The smallest absolute Gasteiger partial charge is 0.176 e. The van der Waals surface area contributed by atoms with E-state index in [2.05, 4.69) is 22.4 Å². The largest absolute Gasteiger partial charge is 0.493 e. The number of pyridine rings is 1. The van der Waals surface area contributed by atoms with E-state index in [-0.39, 0.29) is 0 Å². The molecule has 3 heterocycles. The number of furan rings is 2. The van der Waals surface area contributed by atoms with E-state index in [0.29, 0.717) is 17.3 Å². The maximum Gasteiger partial charge on any atom is 0.176 e. The molecule has 0 saturated heterocycles. The molecule has 5 heteroatoms. The first-order chi connectivity index (χ1) is 12.3. The molecular formula is C20H18N2O3. The lowest BCUT2D eigenvalue weighted by atomic mass is 10.1. The Hall–Kier alpha value is -3.05. The Balaban J connectivity index is 1.57. The summed E-state index contributed by atoms with van der Waals surface area (Å²) in [6.07, 6.45) is 5.27. The number of hydrogen-bond acceptors (Lipinski definition) is 5. The molecule has 3 aromatic heterocycles. The lowest BCUT2D eigenvalue weighted by molar-refractivity contribution is 0.409. The molecule has 0 aliphatic heterocycles. The molecule has 4 rings (SSSR count). The van der Waals surface area contributed by atoms with Gasteiger partial charge in [-0.2, -0.15) is 0 Å². The summed E-state index contributed by atoms with van der Waals surface area (Å²) in [5.41, 5.74) is 3.00. The molecule has 0 atom stereocenters. The summed E-state index contributed by atoms with van der Waals surface area (Å²) in [5.74, 6) is 2.11. The first-order valence-electron chi connectivity index (χ1n) is 8.07. The number of nitrogens with zero attached hydrogens (tertiary/aromatic N) is 1. The van der Waals surface area contributed by atoms with Gasteiger partial charge in [-0.1, -0.05) is 6.07 Å². The van der Waals surface area contributed by atoms with Crippen LogP contribution in [0.3, 0.4) is 0 Å². The van der Waals surface area contributed by atoms with Crippen LogP contribution in [0.5, 0.6) is 5.75 Å². The van der Waals surface area contributed by atoms with Crippen molar-refractivity contribution >= 4 is 11.0 Å². The Bertz CT molecular complexity index is 959. The van der Waals surface area contributed by atoms with E-state index in [1.54, 1.807) is 19.6 Å². The molecule has 0 aliphatic carbocycles. The molecular weight excluding hydrogens is 316 g/mol. The van der Waals surface area contributed by atoms with Gasteiger partial charge in [-0.3, -0.25) is 4.98 Å². The highest BCUT2D eigenvalue weighted by Crippen LogP contribution is 2.34. The lowest BCUT2D eigenvalue weighted by Gasteiger charge is -2.07. The van der Waals surface area contributed by atoms with Crippen molar-refractivity contribution in [3.05, 3.63) is 72.2 Å². The second-order valence-corrected chi connectivity index (χ2v) is 5.77. The van der Waals surface area contributed by atoms with Crippen LogP contribution in [0.25, 0.3) is 22.5 Å². The summed E-state index contributed by atoms with van der Waals surface area (Å²) < 4.78 is 16.8. The SMILES string of the molecule is COc1cc(CNCc2cccnc2)cc2cc(-c3ccco3)oc12. The molecule has 0 aliphatic rings. The van der Waals surface area contributed by atoms with E-state index in [9.17, 15) is 0 Å².